The first kappa shape index (κ1) is 22.5. The fourth-order valence-corrected chi connectivity index (χ4v) is 4.19. The molecule has 0 fully saturated rings. The van der Waals surface area contributed by atoms with Crippen molar-refractivity contribution >= 4 is 40.8 Å². The summed E-state index contributed by atoms with van der Waals surface area (Å²) in [7, 11) is 0. The summed E-state index contributed by atoms with van der Waals surface area (Å²) in [5, 5.41) is 7.34. The highest BCUT2D eigenvalue weighted by Gasteiger charge is 2.36. The quantitative estimate of drug-likeness (QED) is 0.397. The lowest BCUT2D eigenvalue weighted by Gasteiger charge is -2.14. The van der Waals surface area contributed by atoms with Gasteiger partial charge >= 0.3 is 0 Å². The van der Waals surface area contributed by atoms with Crippen molar-refractivity contribution in [3.8, 4) is 0 Å². The average Bonchev–Trinajstić information content (AvgIpc) is 3.32. The van der Waals surface area contributed by atoms with Gasteiger partial charge in [0.05, 0.1) is 23.4 Å². The van der Waals surface area contributed by atoms with Gasteiger partial charge in [-0.2, -0.15) is 5.10 Å². The molecule has 35 heavy (non-hydrogen) atoms. The number of nitrogens with zero attached hydrogens (tertiary/aromatic N) is 3. The lowest BCUT2D eigenvalue weighted by atomic mass is 10.1. The Morgan fingerprint density at radius 3 is 2.34 bits per heavy atom. The van der Waals surface area contributed by atoms with Crippen LogP contribution in [0, 0.1) is 12.7 Å². The van der Waals surface area contributed by atoms with Crippen LogP contribution in [0.1, 0.15) is 42.3 Å². The first-order chi connectivity index (χ1) is 16.8. The summed E-state index contributed by atoms with van der Waals surface area (Å²) < 4.78 is 15.7. The van der Waals surface area contributed by atoms with E-state index < -0.39 is 23.5 Å². The maximum atomic E-state index is 14.2. The molecule has 0 aliphatic carbocycles. The topological polar surface area (TPSA) is 84.3 Å². The zero-order valence-electron chi connectivity index (χ0n) is 18.5. The highest BCUT2D eigenvalue weighted by Crippen LogP contribution is 2.29. The van der Waals surface area contributed by atoms with Crippen molar-refractivity contribution in [2.24, 2.45) is 0 Å². The van der Waals surface area contributed by atoms with Gasteiger partial charge in [-0.3, -0.25) is 19.1 Å². The number of carbonyl (C=O) groups excluding carboxylic acids is 3. The van der Waals surface area contributed by atoms with Crippen LogP contribution in [0.2, 0.25) is 5.02 Å². The van der Waals surface area contributed by atoms with Gasteiger partial charge in [-0.25, -0.2) is 9.29 Å². The van der Waals surface area contributed by atoms with Crippen LogP contribution in [0.5, 0.6) is 0 Å². The molecule has 0 bridgehead atoms. The highest BCUT2D eigenvalue weighted by molar-refractivity contribution is 6.34. The number of rotatable bonds is 5. The molecule has 0 saturated carbocycles. The van der Waals surface area contributed by atoms with Gasteiger partial charge in [0, 0.05) is 27.9 Å². The van der Waals surface area contributed by atoms with Crippen LogP contribution >= 0.6 is 11.6 Å². The zero-order chi connectivity index (χ0) is 24.7. The van der Waals surface area contributed by atoms with Crippen LogP contribution in [0.4, 0.5) is 15.9 Å². The van der Waals surface area contributed by atoms with Gasteiger partial charge in [0.15, 0.2) is 5.82 Å². The van der Waals surface area contributed by atoms with E-state index in [0.717, 1.165) is 4.90 Å². The number of amides is 3. The van der Waals surface area contributed by atoms with Crippen LogP contribution in [-0.4, -0.2) is 27.5 Å². The molecule has 4 aromatic rings. The number of hydrogen-bond donors (Lipinski definition) is 1. The minimum atomic E-state index is -0.475. The van der Waals surface area contributed by atoms with Crippen molar-refractivity contribution < 1.29 is 18.8 Å². The van der Waals surface area contributed by atoms with Crippen molar-refractivity contribution in [3.63, 3.8) is 0 Å². The first-order valence-electron chi connectivity index (χ1n) is 10.7. The Balaban J connectivity index is 1.36. The zero-order valence-corrected chi connectivity index (χ0v) is 19.2. The van der Waals surface area contributed by atoms with Crippen LogP contribution in [0.15, 0.2) is 72.8 Å². The van der Waals surface area contributed by atoms with E-state index in [4.69, 9.17) is 11.6 Å². The molecule has 1 N–H and O–H groups in total. The van der Waals surface area contributed by atoms with E-state index in [1.54, 1.807) is 61.5 Å². The second-order valence-electron chi connectivity index (χ2n) is 8.02. The molecule has 1 aromatic heterocycles. The summed E-state index contributed by atoms with van der Waals surface area (Å²) >= 11 is 6.12. The monoisotopic (exact) mass is 488 g/mol. The highest BCUT2D eigenvalue weighted by atomic mass is 35.5. The molecule has 0 radical (unpaired) electrons. The molecule has 1 aliphatic heterocycles. The average molecular weight is 489 g/mol. The number of hydrogen-bond acceptors (Lipinski definition) is 4. The largest absolute Gasteiger partial charge is 0.305 e. The van der Waals surface area contributed by atoms with Gasteiger partial charge in [-0.15, -0.1) is 0 Å². The first-order valence-corrected chi connectivity index (χ1v) is 11.1. The van der Waals surface area contributed by atoms with Crippen LogP contribution < -0.4 is 10.2 Å². The fourth-order valence-electron chi connectivity index (χ4n) is 3.96. The SMILES string of the molecule is Cc1cc(NC(=O)c2cccc(N3C(=O)c4ccccc4C3=O)c2)nn1Cc1c(F)cccc1Cl. The maximum absolute atomic E-state index is 14.2. The summed E-state index contributed by atoms with van der Waals surface area (Å²) in [6.45, 7) is 1.88. The molecule has 0 atom stereocenters. The number of aryl methyl sites for hydroxylation is 1. The summed E-state index contributed by atoms with van der Waals surface area (Å²) in [6, 6.07) is 18.9. The van der Waals surface area contributed by atoms with E-state index in [2.05, 4.69) is 10.4 Å². The number of halogens is 2. The third-order valence-electron chi connectivity index (χ3n) is 5.75. The molecule has 0 spiro atoms. The molecule has 1 aliphatic rings. The summed E-state index contributed by atoms with van der Waals surface area (Å²) in [4.78, 5) is 39.5. The molecule has 9 heteroatoms. The lowest BCUT2D eigenvalue weighted by Crippen LogP contribution is -2.29. The summed E-state index contributed by atoms with van der Waals surface area (Å²) in [5.41, 5.74) is 2.17. The van der Waals surface area contributed by atoms with E-state index >= 15 is 0 Å². The third kappa shape index (κ3) is 4.08. The Hall–Kier alpha value is -4.30. The molecule has 7 nitrogen and oxygen atoms in total. The Bertz CT molecular complexity index is 1460. The van der Waals surface area contributed by atoms with Crippen LogP contribution in [-0.2, 0) is 6.54 Å². The predicted octanol–water partition coefficient (Wildman–Crippen LogP) is 5.09. The molecule has 2 heterocycles. The third-order valence-corrected chi connectivity index (χ3v) is 6.11. The Kier molecular flexibility index (Phi) is 5.66. The minimum absolute atomic E-state index is 0.0996. The number of carbonyl (C=O) groups is 3. The van der Waals surface area contributed by atoms with Crippen LogP contribution in [0.25, 0.3) is 0 Å². The van der Waals surface area contributed by atoms with E-state index in [1.807, 2.05) is 0 Å². The molecule has 5 rings (SSSR count). The Labute approximate surface area is 204 Å². The number of anilines is 2. The second-order valence-corrected chi connectivity index (χ2v) is 8.43. The van der Waals surface area contributed by atoms with Crippen molar-refractivity contribution in [2.75, 3.05) is 10.2 Å². The Morgan fingerprint density at radius 1 is 0.971 bits per heavy atom. The van der Waals surface area contributed by atoms with Gasteiger partial charge in [0.25, 0.3) is 17.7 Å². The lowest BCUT2D eigenvalue weighted by molar-refractivity contribution is 0.0924. The molecule has 3 aromatic carbocycles. The van der Waals surface area contributed by atoms with Crippen molar-refractivity contribution in [2.45, 2.75) is 13.5 Å². The van der Waals surface area contributed by atoms with Gasteiger partial charge in [-0.1, -0.05) is 35.9 Å². The van der Waals surface area contributed by atoms with Crippen molar-refractivity contribution in [1.82, 2.24) is 9.78 Å². The number of imide groups is 1. The normalized spacial score (nSPS) is 12.7. The molecular weight excluding hydrogens is 471 g/mol. The van der Waals surface area contributed by atoms with Gasteiger partial charge < -0.3 is 5.32 Å². The van der Waals surface area contributed by atoms with Gasteiger partial charge in [0.1, 0.15) is 5.82 Å². The van der Waals surface area contributed by atoms with Crippen LogP contribution in [0.3, 0.4) is 0 Å². The van der Waals surface area contributed by atoms with Crippen molar-refractivity contribution in [3.05, 3.63) is 112 Å². The fraction of sp³-hybridized carbons (Fsp3) is 0.0769. The number of aromatic nitrogens is 2. The molecular formula is C26H18ClFN4O3. The number of fused-ring (bicyclic) bond motifs is 1. The van der Waals surface area contributed by atoms with E-state index in [0.29, 0.717) is 28.1 Å². The maximum Gasteiger partial charge on any atom is 0.266 e. The second kappa shape index (κ2) is 8.81. The smallest absolute Gasteiger partial charge is 0.266 e. The van der Waals surface area contributed by atoms with E-state index in [9.17, 15) is 18.8 Å². The van der Waals surface area contributed by atoms with E-state index in [-0.39, 0.29) is 22.9 Å². The number of benzene rings is 3. The van der Waals surface area contributed by atoms with Gasteiger partial charge in [0.2, 0.25) is 0 Å². The predicted molar refractivity (Wildman–Crippen MR) is 129 cm³/mol. The summed E-state index contributed by atoms with van der Waals surface area (Å²) in [5.74, 6) is -1.53. The van der Waals surface area contributed by atoms with Crippen molar-refractivity contribution in [1.29, 1.82) is 0 Å². The molecule has 0 saturated heterocycles. The number of nitrogens with one attached hydrogen (secondary N) is 1. The van der Waals surface area contributed by atoms with Gasteiger partial charge in [-0.05, 0) is 49.4 Å². The Morgan fingerprint density at radius 2 is 1.66 bits per heavy atom. The molecule has 3 amide bonds. The standard InChI is InChI=1S/C26H18ClFN4O3/c1-15-12-23(30-31(15)14-20-21(27)10-5-11-22(20)28)29-24(33)16-6-4-7-17(13-16)32-25(34)18-8-2-3-9-19(18)26(32)35/h2-13H,14H2,1H3,(H,29,30,33). The molecule has 174 valence electrons. The van der Waals surface area contributed by atoms with E-state index in [1.165, 1.54) is 22.9 Å². The molecule has 0 unspecified atom stereocenters. The summed E-state index contributed by atoms with van der Waals surface area (Å²) in [6.07, 6.45) is 0. The minimum Gasteiger partial charge on any atom is -0.305 e.